The normalized spacial score (nSPS) is 46.9. The largest absolute Gasteiger partial charge is 0.420 e. The quantitative estimate of drug-likeness (QED) is 0.128. The fourth-order valence-corrected chi connectivity index (χ4v) is 12.2. The van der Waals surface area contributed by atoms with Crippen molar-refractivity contribution in [3.8, 4) is 0 Å². The third-order valence-corrected chi connectivity index (χ3v) is 18.4. The predicted molar refractivity (Wildman–Crippen MR) is 271 cm³/mol. The van der Waals surface area contributed by atoms with Crippen LogP contribution >= 0.6 is 0 Å². The van der Waals surface area contributed by atoms with Crippen LogP contribution in [0.1, 0.15) is 107 Å². The second-order valence-electron chi connectivity index (χ2n) is 24.0. The fourth-order valence-electron chi connectivity index (χ4n) is 12.2. The van der Waals surface area contributed by atoms with Crippen molar-refractivity contribution in [2.75, 3.05) is 59.5 Å². The van der Waals surface area contributed by atoms with Gasteiger partial charge in [0.25, 0.3) is 0 Å². The molecule has 0 aliphatic heterocycles. The summed E-state index contributed by atoms with van der Waals surface area (Å²) >= 11 is 0. The van der Waals surface area contributed by atoms with Crippen LogP contribution in [0.25, 0.3) is 0 Å². The van der Waals surface area contributed by atoms with Crippen molar-refractivity contribution in [1.29, 1.82) is 0 Å². The van der Waals surface area contributed by atoms with E-state index in [4.69, 9.17) is 46.0 Å². The minimum atomic E-state index is -4.87. The van der Waals surface area contributed by atoms with E-state index in [1.165, 1.54) is 6.92 Å². The Morgan fingerprint density at radius 2 is 0.831 bits per heavy atom. The molecule has 0 aromatic heterocycles. The van der Waals surface area contributed by atoms with Crippen LogP contribution < -0.4 is 0 Å². The lowest BCUT2D eigenvalue weighted by molar-refractivity contribution is -0.297. The molecule has 0 saturated heterocycles. The standard InChI is InChI=1S/C8H13F3O3.C8H15FO3.2C8H16O3.C7H13FO2.C7H14O3.C7H14O2/c1-4-2-5(3-12)6(13)7(4,14)8(9,10)11;1-5-2-6(3-10)7(11)8(5,12)4-9;1-5-3-6(4-9)7(10)8(5,2)11;1-5-2-6(3-9)7(4-10)8(5)11;1-4-2-5(3-9)7(10)6(4)8;1-4-2-5(3-8)7(10)6(4)9;1-5-2-6(4-8)3-7(5)9/h4-6,12-14H,2-3H2,1H3;5-7,10-12H,2-4H2,1H3;5-7,9-11H,3-4H2,1-2H3;5-11H,2-4H2,1H3;4-7,9-10H,2-3H2,1H3;4-10H,2-3H2,1H3;5-9H,2-4H2,1H3/t4-,5-,6-,7+;3*5-,6-,7-,8+;2*4-,5-,6+,7-;5-,6+,7-/m1111111/s1. The monoisotopic (exact) mass is 1140 g/mol. The van der Waals surface area contributed by atoms with Crippen molar-refractivity contribution in [2.24, 2.45) is 88.8 Å². The average molecular weight is 1140 g/mol. The van der Waals surface area contributed by atoms with Gasteiger partial charge in [0.1, 0.15) is 18.4 Å². The van der Waals surface area contributed by atoms with Gasteiger partial charge in [-0.05, 0) is 112 Å². The number of hydrogen-bond acceptors (Lipinski definition) is 19. The Morgan fingerprint density at radius 3 is 1.06 bits per heavy atom. The number of rotatable bonds is 9. The first-order chi connectivity index (χ1) is 35.6. The summed E-state index contributed by atoms with van der Waals surface area (Å²) in [4.78, 5) is 0. The maximum absolute atomic E-state index is 12.8. The Morgan fingerprint density at radius 1 is 0.416 bits per heavy atom. The van der Waals surface area contributed by atoms with E-state index in [9.17, 15) is 73.0 Å². The molecule has 77 heavy (non-hydrogen) atoms. The molecule has 0 amide bonds. The van der Waals surface area contributed by atoms with Gasteiger partial charge in [0.15, 0.2) is 5.60 Å². The fraction of sp³-hybridized carbons (Fsp3) is 1.00. The summed E-state index contributed by atoms with van der Waals surface area (Å²) in [6.07, 6.45) is -7.72. The van der Waals surface area contributed by atoms with Gasteiger partial charge >= 0.3 is 6.18 Å². The molecule has 0 aromatic carbocycles. The van der Waals surface area contributed by atoms with E-state index < -0.39 is 97.0 Å². The minimum Gasteiger partial charge on any atom is -0.396 e. The molecule has 0 unspecified atom stereocenters. The Kier molecular flexibility index (Phi) is 31.3. The Balaban J connectivity index is 0.000000451. The van der Waals surface area contributed by atoms with E-state index >= 15 is 0 Å². The Bertz CT molecular complexity index is 1570. The molecular weight excluding hydrogens is 1040 g/mol. The van der Waals surface area contributed by atoms with Gasteiger partial charge in [0, 0.05) is 88.4 Å². The number of hydrogen-bond donors (Lipinski definition) is 19. The summed E-state index contributed by atoms with van der Waals surface area (Å²) in [6.45, 7) is 12.4. The lowest BCUT2D eigenvalue weighted by Crippen LogP contribution is -2.56. The average Bonchev–Trinajstić information content (AvgIpc) is 4.19. The number of alkyl halides is 5. The number of aliphatic hydroxyl groups is 19. The molecule has 27 atom stereocenters. The molecule has 7 fully saturated rings. The SMILES string of the molecule is C[C@@H]1C[C@H](CO)C[C@H]1O.C[C@@H]1C[C@H](CO)[C@@H](CO)[C@H]1O.C[C@@H]1C[C@H](CO)[C@@H](O)[C@@]1(C)O.C[C@@H]1C[C@H](CO)[C@@H](O)[C@H]1F.C[C@@H]1C[C@H](CO)[C@@H](O)[C@H]1O.C[C@@H]1C[C@H](CO)[C@@H](O)[C@]1(O)C(F)(F)F.C[C@@H]1C[C@H](CO)[C@@H](O)[C@]1(O)CF. The molecule has 24 heteroatoms. The minimum absolute atomic E-state index is 0.0171. The molecule has 0 bridgehead atoms. The van der Waals surface area contributed by atoms with Gasteiger partial charge in [0.2, 0.25) is 0 Å². The van der Waals surface area contributed by atoms with E-state index in [1.807, 2.05) is 27.7 Å². The molecule has 19 nitrogen and oxygen atoms in total. The van der Waals surface area contributed by atoms with Gasteiger partial charge in [-0.25, -0.2) is 8.78 Å². The first-order valence-electron chi connectivity index (χ1n) is 27.3. The maximum Gasteiger partial charge on any atom is 0.420 e. The molecule has 0 radical (unpaired) electrons. The van der Waals surface area contributed by atoms with Crippen molar-refractivity contribution < 1.29 is 119 Å². The molecule has 7 saturated carbocycles. The van der Waals surface area contributed by atoms with Crippen LogP contribution in [-0.2, 0) is 0 Å². The summed E-state index contributed by atoms with van der Waals surface area (Å²) in [5.74, 6) is -2.20. The molecule has 0 aromatic rings. The van der Waals surface area contributed by atoms with E-state index in [-0.39, 0.29) is 124 Å². The van der Waals surface area contributed by atoms with Crippen molar-refractivity contribution >= 4 is 0 Å². The first kappa shape index (κ1) is 73.9. The second kappa shape index (κ2) is 32.7. The maximum atomic E-state index is 12.8. The molecule has 7 rings (SSSR count). The lowest BCUT2D eigenvalue weighted by atomic mass is 9.90. The summed E-state index contributed by atoms with van der Waals surface area (Å²) in [5.41, 5.74) is -5.75. The van der Waals surface area contributed by atoms with Crippen LogP contribution in [0.15, 0.2) is 0 Å². The molecule has 7 aliphatic carbocycles. The molecule has 0 spiro atoms. The zero-order valence-corrected chi connectivity index (χ0v) is 46.3. The van der Waals surface area contributed by atoms with E-state index in [0.29, 0.717) is 31.1 Å². The topological polar surface area (TPSA) is 384 Å². The molecule has 7 aliphatic rings. The number of halogens is 5. The van der Waals surface area contributed by atoms with Gasteiger partial charge in [-0.15, -0.1) is 0 Å². The van der Waals surface area contributed by atoms with Gasteiger partial charge in [-0.1, -0.05) is 48.5 Å². The Labute approximate surface area is 451 Å². The van der Waals surface area contributed by atoms with Crippen LogP contribution in [0.4, 0.5) is 22.0 Å². The predicted octanol–water partition coefficient (Wildman–Crippen LogP) is -0.588. The van der Waals surface area contributed by atoms with Crippen LogP contribution in [-0.4, -0.2) is 235 Å². The van der Waals surface area contributed by atoms with Crippen molar-refractivity contribution in [1.82, 2.24) is 0 Å². The lowest BCUT2D eigenvalue weighted by Gasteiger charge is -2.33. The van der Waals surface area contributed by atoms with E-state index in [1.54, 1.807) is 20.8 Å². The highest BCUT2D eigenvalue weighted by molar-refractivity contribution is 5.06. The van der Waals surface area contributed by atoms with Crippen molar-refractivity contribution in [3.63, 3.8) is 0 Å². The van der Waals surface area contributed by atoms with E-state index in [2.05, 4.69) is 0 Å². The van der Waals surface area contributed by atoms with E-state index in [0.717, 1.165) is 25.7 Å². The molecule has 19 N–H and O–H groups in total. The second-order valence-corrected chi connectivity index (χ2v) is 24.0. The van der Waals surface area contributed by atoms with Crippen LogP contribution in [0.5, 0.6) is 0 Å². The highest BCUT2D eigenvalue weighted by Crippen LogP contribution is 2.49. The third-order valence-electron chi connectivity index (χ3n) is 18.4. The Hall–Kier alpha value is -1.11. The van der Waals surface area contributed by atoms with Crippen molar-refractivity contribution in [3.05, 3.63) is 0 Å². The smallest absolute Gasteiger partial charge is 0.396 e. The van der Waals surface area contributed by atoms with Gasteiger partial charge in [0.05, 0.1) is 54.4 Å². The van der Waals surface area contributed by atoms with Gasteiger partial charge in [-0.2, -0.15) is 13.2 Å². The number of aliphatic hydroxyl groups excluding tert-OH is 16. The van der Waals surface area contributed by atoms with Crippen LogP contribution in [0.2, 0.25) is 0 Å². The summed E-state index contributed by atoms with van der Waals surface area (Å²) in [7, 11) is 0. The van der Waals surface area contributed by atoms with Gasteiger partial charge in [-0.3, -0.25) is 0 Å². The highest BCUT2D eigenvalue weighted by Gasteiger charge is 2.66. The molecule has 462 valence electrons. The summed E-state index contributed by atoms with van der Waals surface area (Å²) in [6, 6.07) is 0. The van der Waals surface area contributed by atoms with Crippen LogP contribution in [0, 0.1) is 88.8 Å². The highest BCUT2D eigenvalue weighted by atomic mass is 19.4. The van der Waals surface area contributed by atoms with Gasteiger partial charge < -0.3 is 97.0 Å². The van der Waals surface area contributed by atoms with Crippen LogP contribution in [0.3, 0.4) is 0 Å². The molecule has 0 heterocycles. The summed E-state index contributed by atoms with van der Waals surface area (Å²) < 4.78 is 62.6. The zero-order valence-electron chi connectivity index (χ0n) is 46.3. The van der Waals surface area contributed by atoms with Crippen molar-refractivity contribution in [2.45, 2.75) is 185 Å². The molecular formula is C53H101F5O19. The first-order valence-corrected chi connectivity index (χ1v) is 27.3. The third kappa shape index (κ3) is 18.4. The zero-order chi connectivity index (χ0) is 59.9. The summed E-state index contributed by atoms with van der Waals surface area (Å²) in [5, 5.41) is 173.